The van der Waals surface area contributed by atoms with Crippen molar-refractivity contribution in [3.8, 4) is 0 Å². The first-order valence-electron chi connectivity index (χ1n) is 11.4. The van der Waals surface area contributed by atoms with Crippen LogP contribution in [0.3, 0.4) is 0 Å². The molecule has 0 saturated carbocycles. The maximum atomic E-state index is 12.7. The van der Waals surface area contributed by atoms with Gasteiger partial charge in [-0.1, -0.05) is 20.3 Å². The van der Waals surface area contributed by atoms with Gasteiger partial charge in [-0.25, -0.2) is 4.79 Å². The van der Waals surface area contributed by atoms with Crippen molar-refractivity contribution < 1.29 is 43.8 Å². The van der Waals surface area contributed by atoms with Crippen molar-refractivity contribution in [2.24, 2.45) is 17.4 Å². The molecule has 0 heterocycles. The number of carboxylic acids is 2. The number of nitrogens with one attached hydrogen (secondary N) is 4. The molecule has 10 N–H and O–H groups in total. The maximum Gasteiger partial charge on any atom is 0.326 e. The molecule has 0 aromatic rings. The molecule has 0 unspecified atom stereocenters. The first-order chi connectivity index (χ1) is 16.7. The normalized spacial score (nSPS) is 14.8. The van der Waals surface area contributed by atoms with E-state index in [0.29, 0.717) is 6.42 Å². The Morgan fingerprint density at radius 3 is 1.94 bits per heavy atom. The maximum absolute atomic E-state index is 12.7. The molecule has 204 valence electrons. The molecule has 0 saturated heterocycles. The van der Waals surface area contributed by atoms with Crippen LogP contribution in [0.1, 0.15) is 52.9 Å². The Morgan fingerprint density at radius 2 is 1.44 bits per heavy atom. The third-order valence-corrected chi connectivity index (χ3v) is 5.29. The number of rotatable bonds is 17. The second kappa shape index (κ2) is 16.0. The van der Waals surface area contributed by atoms with Gasteiger partial charge in [0.15, 0.2) is 0 Å². The van der Waals surface area contributed by atoms with E-state index in [0.717, 1.165) is 0 Å². The number of aliphatic carboxylic acids is 2. The minimum atomic E-state index is -1.39. The minimum Gasteiger partial charge on any atom is -0.481 e. The molecule has 0 aromatic carbocycles. The highest BCUT2D eigenvalue weighted by atomic mass is 16.4. The van der Waals surface area contributed by atoms with E-state index in [1.165, 1.54) is 6.92 Å². The van der Waals surface area contributed by atoms with Crippen molar-refractivity contribution in [2.75, 3.05) is 6.54 Å². The molecule has 5 amide bonds. The molecule has 0 radical (unpaired) electrons. The molecule has 0 spiro atoms. The lowest BCUT2D eigenvalue weighted by atomic mass is 9.97. The highest BCUT2D eigenvalue weighted by molar-refractivity contribution is 5.94. The number of primary amides is 1. The van der Waals surface area contributed by atoms with Crippen LogP contribution in [-0.4, -0.2) is 82.4 Å². The van der Waals surface area contributed by atoms with Gasteiger partial charge in [0.25, 0.3) is 0 Å². The number of carbonyl (C=O) groups excluding carboxylic acids is 5. The average Bonchev–Trinajstić information content (AvgIpc) is 2.80. The van der Waals surface area contributed by atoms with Gasteiger partial charge in [-0.05, 0) is 25.7 Å². The van der Waals surface area contributed by atoms with E-state index in [4.69, 9.17) is 16.6 Å². The lowest BCUT2D eigenvalue weighted by molar-refractivity contribution is -0.143. The van der Waals surface area contributed by atoms with Crippen LogP contribution in [0.2, 0.25) is 0 Å². The molecule has 0 aliphatic heterocycles. The molecule has 0 fully saturated rings. The van der Waals surface area contributed by atoms with Crippen LogP contribution in [0, 0.1) is 5.92 Å². The van der Waals surface area contributed by atoms with Gasteiger partial charge in [-0.3, -0.25) is 28.8 Å². The summed E-state index contributed by atoms with van der Waals surface area (Å²) >= 11 is 0. The summed E-state index contributed by atoms with van der Waals surface area (Å²) in [7, 11) is 0. The smallest absolute Gasteiger partial charge is 0.326 e. The molecule has 15 heteroatoms. The quantitative estimate of drug-likeness (QED) is 0.0981. The number of hydrogen-bond donors (Lipinski definition) is 8. The van der Waals surface area contributed by atoms with E-state index in [9.17, 15) is 38.7 Å². The van der Waals surface area contributed by atoms with Crippen LogP contribution >= 0.6 is 0 Å². The zero-order chi connectivity index (χ0) is 28.0. The summed E-state index contributed by atoms with van der Waals surface area (Å²) in [5, 5.41) is 27.2. The molecule has 0 aromatic heterocycles. The largest absolute Gasteiger partial charge is 0.481 e. The third-order valence-electron chi connectivity index (χ3n) is 5.29. The van der Waals surface area contributed by atoms with E-state index < -0.39 is 78.1 Å². The molecule has 0 rings (SSSR count). The van der Waals surface area contributed by atoms with Crippen LogP contribution in [0.4, 0.5) is 0 Å². The fourth-order valence-electron chi connectivity index (χ4n) is 2.85. The summed E-state index contributed by atoms with van der Waals surface area (Å²) in [6.07, 6.45) is -0.476. The Bertz CT molecular complexity index is 835. The number of nitrogens with two attached hydrogens (primary N) is 2. The Morgan fingerprint density at radius 1 is 0.833 bits per heavy atom. The monoisotopic (exact) mass is 516 g/mol. The van der Waals surface area contributed by atoms with Crippen molar-refractivity contribution in [2.45, 2.75) is 77.0 Å². The number of hydrogen-bond acceptors (Lipinski definition) is 8. The van der Waals surface area contributed by atoms with E-state index >= 15 is 0 Å². The first-order valence-corrected chi connectivity index (χ1v) is 11.4. The van der Waals surface area contributed by atoms with Gasteiger partial charge in [0.2, 0.25) is 29.5 Å². The summed E-state index contributed by atoms with van der Waals surface area (Å²) in [5.74, 6) is -6.62. The summed E-state index contributed by atoms with van der Waals surface area (Å²) in [5.41, 5.74) is 10.6. The summed E-state index contributed by atoms with van der Waals surface area (Å²) < 4.78 is 0. The molecule has 0 aliphatic rings. The predicted octanol–water partition coefficient (Wildman–Crippen LogP) is -2.83. The molecule has 36 heavy (non-hydrogen) atoms. The topological polar surface area (TPSA) is 260 Å². The fraction of sp³-hybridized carbons (Fsp3) is 0.667. The van der Waals surface area contributed by atoms with Gasteiger partial charge >= 0.3 is 11.9 Å². The SMILES string of the molecule is CC[C@H](C)[C@H](NC(=O)CNC(=O)[C@H](C)NC(=O)[C@@H](N)CCC(=O)O)C(=O)N[C@@H](CCC(N)=O)C(=O)O. The number of carboxylic acid groups (broad SMARTS) is 2. The van der Waals surface area contributed by atoms with Gasteiger partial charge in [0.1, 0.15) is 18.1 Å². The second-order valence-corrected chi connectivity index (χ2v) is 8.32. The van der Waals surface area contributed by atoms with Crippen LogP contribution in [0.5, 0.6) is 0 Å². The van der Waals surface area contributed by atoms with E-state index in [-0.39, 0.29) is 25.7 Å². The summed E-state index contributed by atoms with van der Waals surface area (Å²) in [6, 6.07) is -4.73. The minimum absolute atomic E-state index is 0.123. The molecular formula is C21H36N6O9. The molecule has 15 nitrogen and oxygen atoms in total. The van der Waals surface area contributed by atoms with Crippen molar-refractivity contribution in [3.05, 3.63) is 0 Å². The van der Waals surface area contributed by atoms with Crippen LogP contribution in [0.25, 0.3) is 0 Å². The molecule has 0 bridgehead atoms. The van der Waals surface area contributed by atoms with E-state index in [2.05, 4.69) is 21.3 Å². The lowest BCUT2D eigenvalue weighted by Crippen LogP contribution is -2.56. The highest BCUT2D eigenvalue weighted by Gasteiger charge is 2.30. The van der Waals surface area contributed by atoms with Gasteiger partial charge < -0.3 is 42.9 Å². The lowest BCUT2D eigenvalue weighted by Gasteiger charge is -2.25. The molecule has 0 aliphatic carbocycles. The van der Waals surface area contributed by atoms with Gasteiger partial charge in [-0.15, -0.1) is 0 Å². The highest BCUT2D eigenvalue weighted by Crippen LogP contribution is 2.09. The second-order valence-electron chi connectivity index (χ2n) is 8.32. The van der Waals surface area contributed by atoms with E-state index in [1.807, 2.05) is 0 Å². The van der Waals surface area contributed by atoms with Crippen LogP contribution < -0.4 is 32.7 Å². The van der Waals surface area contributed by atoms with Gasteiger partial charge in [0, 0.05) is 12.8 Å². The van der Waals surface area contributed by atoms with Crippen LogP contribution in [-0.2, 0) is 33.6 Å². The Labute approximate surface area is 208 Å². The zero-order valence-electron chi connectivity index (χ0n) is 20.5. The van der Waals surface area contributed by atoms with Crippen molar-refractivity contribution >= 4 is 41.5 Å². The Balaban J connectivity index is 4.93. The molecule has 5 atom stereocenters. The fourth-order valence-corrected chi connectivity index (χ4v) is 2.85. The van der Waals surface area contributed by atoms with Gasteiger partial charge in [0.05, 0.1) is 12.6 Å². The van der Waals surface area contributed by atoms with Gasteiger partial charge in [-0.2, -0.15) is 0 Å². The Kier molecular flexibility index (Phi) is 14.4. The third kappa shape index (κ3) is 12.6. The predicted molar refractivity (Wildman–Crippen MR) is 125 cm³/mol. The van der Waals surface area contributed by atoms with E-state index in [1.54, 1.807) is 13.8 Å². The number of amides is 5. The zero-order valence-corrected chi connectivity index (χ0v) is 20.5. The molecular weight excluding hydrogens is 480 g/mol. The van der Waals surface area contributed by atoms with Crippen molar-refractivity contribution in [3.63, 3.8) is 0 Å². The van der Waals surface area contributed by atoms with Crippen molar-refractivity contribution in [1.29, 1.82) is 0 Å². The average molecular weight is 517 g/mol. The van der Waals surface area contributed by atoms with Crippen LogP contribution in [0.15, 0.2) is 0 Å². The standard InChI is InChI=1S/C21H36N6O9/c1-4-10(2)17(20(34)26-13(21(35)36)6-7-14(23)28)27-15(29)9-24-18(32)11(3)25-19(33)12(22)5-8-16(30)31/h10-13,17H,4-9,22H2,1-3H3,(H2,23,28)(H,24,32)(H,25,33)(H,26,34)(H,27,29)(H,30,31)(H,35,36)/t10-,11-,12-,13-,17-/m0/s1. The summed E-state index contributed by atoms with van der Waals surface area (Å²) in [4.78, 5) is 82.1. The number of carbonyl (C=O) groups is 7. The first kappa shape index (κ1) is 32.2. The van der Waals surface area contributed by atoms with Crippen molar-refractivity contribution in [1.82, 2.24) is 21.3 Å². The Hall–Kier alpha value is -3.75. The summed E-state index contributed by atoms with van der Waals surface area (Å²) in [6.45, 7) is 4.20.